The number of rotatable bonds is 3. The number of sulfonamides is 1. The van der Waals surface area contributed by atoms with Crippen LogP contribution in [0.1, 0.15) is 0 Å². The standard InChI is InChI=1S/C9H5Cl2N5O2S2/c10-4-3-5(11)8(9-7(4)14-19-15-9)16-20(17,18)6-1-2-12-13-6/h1-3,16H,(H,12,13). The van der Waals surface area contributed by atoms with Crippen LogP contribution in [0, 0.1) is 0 Å². The number of halogens is 2. The minimum atomic E-state index is -3.83. The SMILES string of the molecule is O=S(=O)(Nc1c(Cl)cc(Cl)c2c1N=S=N2)c1ccn[nH]1. The van der Waals surface area contributed by atoms with E-state index in [2.05, 4.69) is 23.6 Å². The number of aromatic nitrogens is 2. The molecular weight excluding hydrogens is 345 g/mol. The molecule has 11 heteroatoms. The lowest BCUT2D eigenvalue weighted by atomic mass is 10.2. The van der Waals surface area contributed by atoms with Crippen molar-refractivity contribution in [2.75, 3.05) is 4.72 Å². The maximum atomic E-state index is 12.1. The van der Waals surface area contributed by atoms with Gasteiger partial charge in [-0.3, -0.25) is 9.82 Å². The van der Waals surface area contributed by atoms with Gasteiger partial charge in [0, 0.05) is 0 Å². The van der Waals surface area contributed by atoms with Gasteiger partial charge in [0.1, 0.15) is 11.4 Å². The predicted molar refractivity (Wildman–Crippen MR) is 77.4 cm³/mol. The van der Waals surface area contributed by atoms with Crippen LogP contribution in [0.15, 0.2) is 32.1 Å². The largest absolute Gasteiger partial charge is 0.278 e. The molecule has 0 aliphatic carbocycles. The number of hydrogen-bond donors (Lipinski definition) is 2. The van der Waals surface area contributed by atoms with E-state index in [4.69, 9.17) is 23.2 Å². The molecule has 2 heterocycles. The third-order valence-corrected chi connectivity index (χ3v) is 4.84. The van der Waals surface area contributed by atoms with Crippen LogP contribution in [0.4, 0.5) is 17.1 Å². The molecule has 0 fully saturated rings. The fraction of sp³-hybridized carbons (Fsp3) is 0. The number of nitrogens with one attached hydrogen (secondary N) is 2. The topological polar surface area (TPSA) is 99.6 Å². The van der Waals surface area contributed by atoms with E-state index < -0.39 is 10.0 Å². The molecule has 3 rings (SSSR count). The average Bonchev–Trinajstić information content (AvgIpc) is 3.05. The lowest BCUT2D eigenvalue weighted by Gasteiger charge is -2.11. The second-order valence-electron chi connectivity index (χ2n) is 3.70. The Kier molecular flexibility index (Phi) is 3.28. The van der Waals surface area contributed by atoms with Crippen LogP contribution in [0.3, 0.4) is 0 Å². The Morgan fingerprint density at radius 3 is 2.65 bits per heavy atom. The number of aromatic amines is 1. The molecule has 1 aliphatic heterocycles. The minimum absolute atomic E-state index is 0.0835. The number of benzene rings is 1. The molecule has 0 radical (unpaired) electrons. The number of fused-ring (bicyclic) bond motifs is 1. The summed E-state index contributed by atoms with van der Waals surface area (Å²) in [6.07, 6.45) is 1.33. The van der Waals surface area contributed by atoms with Gasteiger partial charge >= 0.3 is 0 Å². The van der Waals surface area contributed by atoms with E-state index in [1.807, 2.05) is 0 Å². The normalized spacial score (nSPS) is 13.1. The first-order valence-corrected chi connectivity index (χ1v) is 8.08. The lowest BCUT2D eigenvalue weighted by molar-refractivity contribution is 0.597. The van der Waals surface area contributed by atoms with Crippen LogP contribution in [-0.4, -0.2) is 18.6 Å². The smallest absolute Gasteiger partial charge is 0.275 e. The fourth-order valence-corrected chi connectivity index (χ4v) is 3.77. The van der Waals surface area contributed by atoms with Gasteiger partial charge in [0.2, 0.25) is 0 Å². The van der Waals surface area contributed by atoms with Gasteiger partial charge in [-0.15, -0.1) is 0 Å². The van der Waals surface area contributed by atoms with Crippen LogP contribution in [0.5, 0.6) is 0 Å². The van der Waals surface area contributed by atoms with Gasteiger partial charge in [-0.05, 0) is 12.1 Å². The maximum Gasteiger partial charge on any atom is 0.278 e. The second-order valence-corrected chi connectivity index (χ2v) is 6.70. The van der Waals surface area contributed by atoms with E-state index in [1.165, 1.54) is 18.3 Å². The Hall–Kier alpha value is -1.42. The summed E-state index contributed by atoms with van der Waals surface area (Å²) in [6, 6.07) is 2.74. The molecule has 2 N–H and O–H groups in total. The third kappa shape index (κ3) is 2.22. The maximum absolute atomic E-state index is 12.1. The highest BCUT2D eigenvalue weighted by molar-refractivity contribution is 7.92. The monoisotopic (exact) mass is 349 g/mol. The summed E-state index contributed by atoms with van der Waals surface area (Å²) >= 11 is 12.9. The molecule has 1 aliphatic rings. The molecule has 104 valence electrons. The van der Waals surface area contributed by atoms with Crippen molar-refractivity contribution in [3.63, 3.8) is 0 Å². The summed E-state index contributed by atoms with van der Waals surface area (Å²) in [5, 5.41) is 6.32. The molecule has 0 unspecified atom stereocenters. The van der Waals surface area contributed by atoms with Gasteiger partial charge in [0.25, 0.3) is 10.0 Å². The molecule has 1 aromatic carbocycles. The Bertz CT molecular complexity index is 857. The number of anilines is 1. The number of H-pyrrole nitrogens is 1. The van der Waals surface area contributed by atoms with Crippen LogP contribution < -0.4 is 4.72 Å². The van der Waals surface area contributed by atoms with E-state index in [0.29, 0.717) is 16.4 Å². The van der Waals surface area contributed by atoms with E-state index >= 15 is 0 Å². The highest BCUT2D eigenvalue weighted by Crippen LogP contribution is 2.48. The molecule has 0 saturated carbocycles. The zero-order valence-electron chi connectivity index (χ0n) is 9.46. The summed E-state index contributed by atoms with van der Waals surface area (Å²) in [4.78, 5) is 0. The quantitative estimate of drug-likeness (QED) is 0.758. The van der Waals surface area contributed by atoms with Gasteiger partial charge in [-0.1, -0.05) is 23.2 Å². The van der Waals surface area contributed by atoms with E-state index in [9.17, 15) is 8.42 Å². The van der Waals surface area contributed by atoms with Crippen LogP contribution in [-0.2, 0) is 21.4 Å². The highest BCUT2D eigenvalue weighted by atomic mass is 35.5. The summed E-state index contributed by atoms with van der Waals surface area (Å²) in [5.41, 5.74) is 0.827. The van der Waals surface area contributed by atoms with Crippen molar-refractivity contribution in [3.8, 4) is 0 Å². The first kappa shape index (κ1) is 13.6. The predicted octanol–water partition coefficient (Wildman–Crippen LogP) is 3.24. The second kappa shape index (κ2) is 4.85. The Morgan fingerprint density at radius 1 is 1.20 bits per heavy atom. The van der Waals surface area contributed by atoms with Crippen LogP contribution in [0.2, 0.25) is 10.0 Å². The van der Waals surface area contributed by atoms with Crippen molar-refractivity contribution in [3.05, 3.63) is 28.4 Å². The molecule has 20 heavy (non-hydrogen) atoms. The zero-order valence-corrected chi connectivity index (χ0v) is 12.6. The number of hydrogen-bond acceptors (Lipinski definition) is 5. The first-order chi connectivity index (χ1) is 9.49. The fourth-order valence-electron chi connectivity index (χ4n) is 1.55. The van der Waals surface area contributed by atoms with Crippen molar-refractivity contribution < 1.29 is 8.42 Å². The Labute approximate surface area is 127 Å². The summed E-state index contributed by atoms with van der Waals surface area (Å²) < 4.78 is 34.7. The van der Waals surface area contributed by atoms with Crippen molar-refractivity contribution in [1.29, 1.82) is 0 Å². The van der Waals surface area contributed by atoms with Gasteiger partial charge in [0.05, 0.1) is 33.3 Å². The van der Waals surface area contributed by atoms with Gasteiger partial charge in [0.15, 0.2) is 5.03 Å². The first-order valence-electron chi connectivity index (χ1n) is 5.11. The molecule has 7 nitrogen and oxygen atoms in total. The molecule has 0 saturated heterocycles. The van der Waals surface area contributed by atoms with Gasteiger partial charge in [-0.25, -0.2) is 0 Å². The van der Waals surface area contributed by atoms with Crippen LogP contribution in [0.25, 0.3) is 0 Å². The molecule has 0 bridgehead atoms. The van der Waals surface area contributed by atoms with E-state index in [0.717, 1.165) is 11.4 Å². The minimum Gasteiger partial charge on any atom is -0.275 e. The van der Waals surface area contributed by atoms with Crippen LogP contribution >= 0.6 is 23.2 Å². The molecule has 0 amide bonds. The molecule has 0 atom stereocenters. The molecule has 0 spiro atoms. The van der Waals surface area contributed by atoms with Crippen molar-refractivity contribution in [1.82, 2.24) is 10.2 Å². The van der Waals surface area contributed by atoms with E-state index in [1.54, 1.807) is 0 Å². The highest BCUT2D eigenvalue weighted by Gasteiger charge is 2.24. The Morgan fingerprint density at radius 2 is 1.95 bits per heavy atom. The molecule has 1 aromatic heterocycles. The number of nitrogens with zero attached hydrogens (tertiary/aromatic N) is 3. The summed E-state index contributed by atoms with van der Waals surface area (Å²) in [5.74, 6) is 0. The zero-order chi connectivity index (χ0) is 14.3. The summed E-state index contributed by atoms with van der Waals surface area (Å²) in [6.45, 7) is 0. The van der Waals surface area contributed by atoms with Gasteiger partial charge in [-0.2, -0.15) is 22.2 Å². The molecule has 2 aromatic rings. The lowest BCUT2D eigenvalue weighted by Crippen LogP contribution is -2.14. The average molecular weight is 350 g/mol. The van der Waals surface area contributed by atoms with Crippen molar-refractivity contribution in [2.24, 2.45) is 8.73 Å². The molecular formula is C9H5Cl2N5O2S2. The Balaban J connectivity index is 2.10. The van der Waals surface area contributed by atoms with Crippen molar-refractivity contribution >= 4 is 61.6 Å². The summed E-state index contributed by atoms with van der Waals surface area (Å²) in [7, 11) is -3.83. The van der Waals surface area contributed by atoms with E-state index in [-0.39, 0.29) is 15.7 Å². The van der Waals surface area contributed by atoms with Crippen molar-refractivity contribution in [2.45, 2.75) is 5.03 Å². The van der Waals surface area contributed by atoms with Gasteiger partial charge < -0.3 is 0 Å². The third-order valence-electron chi connectivity index (χ3n) is 2.44.